The Labute approximate surface area is 234 Å². The average molecular weight is 578 g/mol. The number of carbonyl (C=O) groups is 1. The molecule has 4 heterocycles. The summed E-state index contributed by atoms with van der Waals surface area (Å²) < 4.78 is 12.1. The van der Waals surface area contributed by atoms with Gasteiger partial charge in [0.25, 0.3) is 0 Å². The van der Waals surface area contributed by atoms with Gasteiger partial charge < -0.3 is 34.9 Å². The molecular weight excluding hydrogens is 558 g/mol. The number of ether oxygens (including phenoxy) is 2. The highest BCUT2D eigenvalue weighted by Gasteiger charge is 2.28. The van der Waals surface area contributed by atoms with E-state index in [0.29, 0.717) is 45.0 Å². The van der Waals surface area contributed by atoms with Gasteiger partial charge in [-0.15, -0.1) is 0 Å². The van der Waals surface area contributed by atoms with Crippen molar-refractivity contribution >= 4 is 50.7 Å². The molecule has 15 heteroatoms. The van der Waals surface area contributed by atoms with Gasteiger partial charge in [-0.2, -0.15) is 9.97 Å². The van der Waals surface area contributed by atoms with Crippen molar-refractivity contribution in [3.8, 4) is 23.4 Å². The van der Waals surface area contributed by atoms with Crippen LogP contribution in [0.25, 0.3) is 33.1 Å². The summed E-state index contributed by atoms with van der Waals surface area (Å²) in [5, 5.41) is 31.4. The molecule has 0 aliphatic rings. The summed E-state index contributed by atoms with van der Waals surface area (Å²) in [5.74, 6) is -4.35. The first kappa shape index (κ1) is 27.5. The minimum atomic E-state index is -3.58. The zero-order valence-corrected chi connectivity index (χ0v) is 21.8. The lowest BCUT2D eigenvalue weighted by Gasteiger charge is -2.10. The molecule has 5 N–H and O–H groups in total. The van der Waals surface area contributed by atoms with Crippen molar-refractivity contribution in [1.82, 2.24) is 34.9 Å². The van der Waals surface area contributed by atoms with Crippen LogP contribution in [0, 0.1) is 0 Å². The number of hydrogen-bond acceptors (Lipinski definition) is 12. The summed E-state index contributed by atoms with van der Waals surface area (Å²) in [7, 11) is 0. The molecule has 0 unspecified atom stereocenters. The number of halogens is 1. The number of fused-ring (bicyclic) bond motifs is 3. The van der Waals surface area contributed by atoms with Crippen LogP contribution in [0.3, 0.4) is 0 Å². The second-order valence-corrected chi connectivity index (χ2v) is 8.74. The van der Waals surface area contributed by atoms with Crippen molar-refractivity contribution < 1.29 is 34.7 Å². The highest BCUT2D eigenvalue weighted by molar-refractivity contribution is 6.36. The Hall–Kier alpha value is -5.02. The summed E-state index contributed by atoms with van der Waals surface area (Å²) in [6.45, 7) is 2.00. The third-order valence-electron chi connectivity index (χ3n) is 5.55. The van der Waals surface area contributed by atoms with Crippen LogP contribution in [0.1, 0.15) is 12.6 Å². The van der Waals surface area contributed by atoms with Crippen LogP contribution in [0.15, 0.2) is 61.2 Å². The Balaban J connectivity index is 0.000000431. The molecule has 0 bridgehead atoms. The number of aromatic nitrogens is 7. The van der Waals surface area contributed by atoms with Crippen LogP contribution < -0.4 is 9.47 Å². The molecule has 14 nitrogen and oxygen atoms in total. The smallest absolute Gasteiger partial charge is 0.395 e. The average Bonchev–Trinajstić information content (AvgIpc) is 3.28. The van der Waals surface area contributed by atoms with E-state index in [9.17, 15) is 4.79 Å². The fourth-order valence-corrected chi connectivity index (χ4v) is 4.00. The second kappa shape index (κ2) is 11.2. The number of H-pyrrole nitrogens is 1. The Morgan fingerprint density at radius 3 is 1.88 bits per heavy atom. The number of nitrogens with one attached hydrogen (secondary N) is 1. The molecule has 0 saturated heterocycles. The van der Waals surface area contributed by atoms with Crippen LogP contribution in [0.5, 0.6) is 23.4 Å². The summed E-state index contributed by atoms with van der Waals surface area (Å²) in [4.78, 5) is 38.8. The van der Waals surface area contributed by atoms with Crippen molar-refractivity contribution in [2.75, 3.05) is 0 Å². The van der Waals surface area contributed by atoms with Gasteiger partial charge in [-0.25, -0.2) is 4.79 Å². The van der Waals surface area contributed by atoms with Crippen LogP contribution in [0.4, 0.5) is 0 Å². The highest BCUT2D eigenvalue weighted by Crippen LogP contribution is 2.37. The maximum Gasteiger partial charge on any atom is 0.395 e. The van der Waals surface area contributed by atoms with Crippen LogP contribution in [0.2, 0.25) is 5.02 Å². The lowest BCUT2D eigenvalue weighted by atomic mass is 10.3. The fourth-order valence-electron chi connectivity index (χ4n) is 3.65. The Morgan fingerprint density at radius 2 is 1.37 bits per heavy atom. The van der Waals surface area contributed by atoms with Crippen molar-refractivity contribution in [2.45, 2.75) is 19.3 Å². The van der Waals surface area contributed by atoms with E-state index in [-0.39, 0.29) is 11.9 Å². The number of rotatable bonds is 6. The van der Waals surface area contributed by atoms with E-state index >= 15 is 0 Å². The number of benzene rings is 2. The number of aliphatic hydroxyl groups is 3. The molecule has 6 aromatic rings. The van der Waals surface area contributed by atoms with Crippen molar-refractivity contribution in [3.63, 3.8) is 0 Å². The van der Waals surface area contributed by atoms with E-state index < -0.39 is 11.9 Å². The topological polar surface area (TPSA) is 210 Å². The molecule has 0 aliphatic carbocycles. The minimum Gasteiger partial charge on any atom is -0.475 e. The number of carboxylic acids is 1. The number of carboxylic acid groups (broad SMARTS) is 1. The molecule has 41 heavy (non-hydrogen) atoms. The normalized spacial score (nSPS) is 11.3. The molecule has 2 aromatic carbocycles. The largest absolute Gasteiger partial charge is 0.475 e. The standard InChI is InChI=1S/C24H16ClN7O2.C2H4O5/c1-2-15-21(25)20-22(30-15)31-24(34-14-4-6-17-19(12-14)29-10-8-27-17)32-23(20)33-13-3-5-16-18(11-13)28-9-7-26-16;3-1(4)2(5,6)7/h3-12H,2H2,1H3,(H,30,31,32);5-7H,(H,3,4). The molecule has 0 aliphatic heterocycles. The third kappa shape index (κ3) is 6.10. The Morgan fingerprint density at radius 1 is 0.854 bits per heavy atom. The first-order chi connectivity index (χ1) is 19.6. The molecule has 0 radical (unpaired) electrons. The second-order valence-electron chi connectivity index (χ2n) is 8.36. The van der Waals surface area contributed by atoms with Gasteiger partial charge in [0.1, 0.15) is 22.5 Å². The maximum atomic E-state index is 9.27. The number of aliphatic carboxylic acids is 1. The van der Waals surface area contributed by atoms with E-state index in [0.717, 1.165) is 16.7 Å². The monoisotopic (exact) mass is 577 g/mol. The number of hydrogen-bond donors (Lipinski definition) is 5. The molecular formula is C26H20ClN7O7. The first-order valence-corrected chi connectivity index (χ1v) is 12.3. The van der Waals surface area contributed by atoms with Gasteiger partial charge in [-0.1, -0.05) is 18.5 Å². The molecule has 208 valence electrons. The minimum absolute atomic E-state index is 0.104. The number of nitrogens with zero attached hydrogens (tertiary/aromatic N) is 6. The molecule has 4 aromatic heterocycles. The molecule has 0 fully saturated rings. The van der Waals surface area contributed by atoms with Gasteiger partial charge in [0, 0.05) is 42.6 Å². The first-order valence-electron chi connectivity index (χ1n) is 11.9. The lowest BCUT2D eigenvalue weighted by molar-refractivity contribution is -0.300. The van der Waals surface area contributed by atoms with E-state index in [2.05, 4.69) is 34.9 Å². The van der Waals surface area contributed by atoms with Gasteiger partial charge >= 0.3 is 18.0 Å². The van der Waals surface area contributed by atoms with Crippen molar-refractivity contribution in [2.24, 2.45) is 0 Å². The van der Waals surface area contributed by atoms with Gasteiger partial charge in [-0.3, -0.25) is 19.9 Å². The summed E-state index contributed by atoms with van der Waals surface area (Å²) in [6, 6.07) is 10.9. The quantitative estimate of drug-likeness (QED) is 0.180. The lowest BCUT2D eigenvalue weighted by Crippen LogP contribution is -2.37. The maximum absolute atomic E-state index is 9.27. The SMILES string of the molecule is CCc1[nH]c2nc(Oc3ccc4nccnc4c3)nc(Oc3ccc4nccnc4c3)c2c1Cl.O=C(O)C(O)(O)O. The fraction of sp³-hybridized carbons (Fsp3) is 0.115. The van der Waals surface area contributed by atoms with Gasteiger partial charge in [-0.05, 0) is 30.7 Å². The number of aromatic amines is 1. The predicted octanol–water partition coefficient (Wildman–Crippen LogP) is 3.35. The molecule has 6 rings (SSSR count). The van der Waals surface area contributed by atoms with Crippen LogP contribution in [-0.4, -0.2) is 67.3 Å². The van der Waals surface area contributed by atoms with Crippen LogP contribution >= 0.6 is 11.6 Å². The summed E-state index contributed by atoms with van der Waals surface area (Å²) in [6.07, 6.45) is 7.24. The van der Waals surface area contributed by atoms with Crippen molar-refractivity contribution in [1.29, 1.82) is 0 Å². The molecule has 0 saturated carbocycles. The van der Waals surface area contributed by atoms with E-state index in [1.54, 1.807) is 49.1 Å². The summed E-state index contributed by atoms with van der Waals surface area (Å²) in [5.41, 5.74) is 4.28. The molecule has 0 atom stereocenters. The van der Waals surface area contributed by atoms with Gasteiger partial charge in [0.05, 0.1) is 27.1 Å². The Bertz CT molecular complexity index is 1890. The van der Waals surface area contributed by atoms with Gasteiger partial charge in [0.15, 0.2) is 0 Å². The summed E-state index contributed by atoms with van der Waals surface area (Å²) >= 11 is 6.63. The van der Waals surface area contributed by atoms with Gasteiger partial charge in [0.2, 0.25) is 5.88 Å². The molecule has 0 spiro atoms. The third-order valence-corrected chi connectivity index (χ3v) is 5.97. The predicted molar refractivity (Wildman–Crippen MR) is 145 cm³/mol. The van der Waals surface area contributed by atoms with Crippen LogP contribution in [-0.2, 0) is 11.2 Å². The zero-order valence-electron chi connectivity index (χ0n) is 21.1. The van der Waals surface area contributed by atoms with E-state index in [4.69, 9.17) is 41.5 Å². The zero-order chi connectivity index (χ0) is 29.1. The highest BCUT2D eigenvalue weighted by atomic mass is 35.5. The molecule has 0 amide bonds. The Kier molecular flexibility index (Phi) is 7.54. The number of aryl methyl sites for hydroxylation is 1. The van der Waals surface area contributed by atoms with E-state index in [1.807, 2.05) is 19.1 Å². The van der Waals surface area contributed by atoms with E-state index in [1.165, 1.54) is 0 Å². The van der Waals surface area contributed by atoms with Crippen molar-refractivity contribution in [3.05, 3.63) is 71.9 Å².